The van der Waals surface area contributed by atoms with E-state index >= 15 is 0 Å². The van der Waals surface area contributed by atoms with Gasteiger partial charge in [-0.2, -0.15) is 8.62 Å². The summed E-state index contributed by atoms with van der Waals surface area (Å²) in [6, 6.07) is 0. The van der Waals surface area contributed by atoms with Crippen LogP contribution in [-0.2, 0) is 31.6 Å². The summed E-state index contributed by atoms with van der Waals surface area (Å²) in [5.74, 6) is 4.87. The Kier molecular flexibility index (Phi) is 36.4. The number of nitrogens with one attached hydrogen (secondary N) is 1. The van der Waals surface area contributed by atoms with E-state index in [1.807, 2.05) is 4.98 Å². The van der Waals surface area contributed by atoms with Crippen molar-refractivity contribution in [2.75, 3.05) is 91.7 Å². The van der Waals surface area contributed by atoms with Crippen LogP contribution in [0.15, 0.2) is 15.8 Å². The zero-order valence-electron chi connectivity index (χ0n) is 38.0. The number of hydrogen-bond donors (Lipinski definition) is 7. The first-order valence-electron chi connectivity index (χ1n) is 20.6. The smallest absolute Gasteiger partial charge is 0.390 e. The SMILES string of the molecule is CCN(CC)CC.CCN(CC)CC.CCN(CC)CC.CCN(CC)CC.NCC#Cc1cn([C@H]2C[C@H](O)[C@@H](COP(=O)(O)OP(=O)(O)OP(=O)(O)O)O2)c(=O)[nH]c1=O. The van der Waals surface area contributed by atoms with Crippen molar-refractivity contribution >= 4 is 23.5 Å². The van der Waals surface area contributed by atoms with E-state index in [0.717, 1.165) is 10.8 Å². The van der Waals surface area contributed by atoms with Crippen molar-refractivity contribution in [2.24, 2.45) is 5.73 Å². The summed E-state index contributed by atoms with van der Waals surface area (Å²) < 4.78 is 51.4. The van der Waals surface area contributed by atoms with Gasteiger partial charge in [0.05, 0.1) is 19.3 Å². The Balaban J connectivity index is -0.000000930. The maximum absolute atomic E-state index is 12.1. The number of aromatic nitrogens is 2. The highest BCUT2D eigenvalue weighted by atomic mass is 31.3. The molecule has 1 aromatic heterocycles. The predicted octanol–water partition coefficient (Wildman–Crippen LogP) is 3.23. The van der Waals surface area contributed by atoms with Crippen LogP contribution < -0.4 is 17.0 Å². The Labute approximate surface area is 358 Å². The Morgan fingerprint density at radius 3 is 1.42 bits per heavy atom. The average molecular weight is 926 g/mol. The predicted molar refractivity (Wildman–Crippen MR) is 235 cm³/mol. The quantitative estimate of drug-likeness (QED) is 0.0730. The number of nitrogens with zero attached hydrogens (tertiary/aromatic N) is 5. The van der Waals surface area contributed by atoms with Crippen LogP contribution in [-0.4, -0.2) is 158 Å². The highest BCUT2D eigenvalue weighted by Crippen LogP contribution is 2.66. The van der Waals surface area contributed by atoms with Crippen LogP contribution >= 0.6 is 23.5 Å². The molecule has 2 unspecified atom stereocenters. The highest BCUT2D eigenvalue weighted by molar-refractivity contribution is 7.66. The van der Waals surface area contributed by atoms with E-state index < -0.39 is 59.8 Å². The van der Waals surface area contributed by atoms with Crippen LogP contribution in [0.2, 0.25) is 0 Å². The van der Waals surface area contributed by atoms with E-state index in [9.17, 15) is 33.3 Å². The molecule has 1 fully saturated rings. The number of phosphoric acid groups is 3. The lowest BCUT2D eigenvalue weighted by Crippen LogP contribution is -2.33. The number of ether oxygens (including phenoxy) is 1. The first-order valence-corrected chi connectivity index (χ1v) is 25.1. The molecule has 0 saturated carbocycles. The standard InChI is InChI=1S/C12H18N3O14P3.4C6H15N/c13-3-1-2-7-5-15(12(18)14-11(7)17)10-4-8(16)9(27-10)6-26-31(22,23)29-32(24,25)28-30(19,20)21;4*1-4-7(5-2)6-3/h5,8-10,16H,3-4,6,13H2,(H,22,23)(H,24,25)(H,14,17,18)(H2,19,20,21);4*4-6H2,1-3H3/t8-,9+,10+;;;;/m0..../s1. The van der Waals surface area contributed by atoms with Crippen molar-refractivity contribution in [3.05, 3.63) is 32.6 Å². The first-order chi connectivity index (χ1) is 28.0. The maximum Gasteiger partial charge on any atom is 0.490 e. The van der Waals surface area contributed by atoms with Crippen molar-refractivity contribution < 1.29 is 56.3 Å². The number of aliphatic hydroxyl groups excluding tert-OH is 1. The molecule has 5 atom stereocenters. The van der Waals surface area contributed by atoms with Gasteiger partial charge in [0.2, 0.25) is 0 Å². The first kappa shape index (κ1) is 62.7. The number of H-pyrrole nitrogens is 1. The van der Waals surface area contributed by atoms with Gasteiger partial charge in [-0.05, 0) is 78.5 Å². The largest absolute Gasteiger partial charge is 0.490 e. The Morgan fingerprint density at radius 1 is 0.717 bits per heavy atom. The summed E-state index contributed by atoms with van der Waals surface area (Å²) in [5.41, 5.74) is 3.42. The Hall–Kier alpha value is -1.63. The molecular formula is C36H78N7O14P3. The fourth-order valence-electron chi connectivity index (χ4n) is 5.12. The third-order valence-electron chi connectivity index (χ3n) is 8.99. The van der Waals surface area contributed by atoms with E-state index in [4.69, 9.17) is 25.2 Å². The van der Waals surface area contributed by atoms with Crippen molar-refractivity contribution in [3.8, 4) is 11.8 Å². The Bertz CT molecular complexity index is 1500. The molecule has 0 aromatic carbocycles. The van der Waals surface area contributed by atoms with Crippen LogP contribution in [0.1, 0.15) is 101 Å². The van der Waals surface area contributed by atoms with Crippen molar-refractivity contribution in [2.45, 2.75) is 108 Å². The van der Waals surface area contributed by atoms with Crippen LogP contribution in [0.4, 0.5) is 0 Å². The fraction of sp³-hybridized carbons (Fsp3) is 0.833. The molecule has 8 N–H and O–H groups in total. The summed E-state index contributed by atoms with van der Waals surface area (Å²) in [6.45, 7) is 39.5. The minimum Gasteiger partial charge on any atom is -0.390 e. The van der Waals surface area contributed by atoms with Crippen molar-refractivity contribution in [1.82, 2.24) is 29.2 Å². The lowest BCUT2D eigenvalue weighted by Gasteiger charge is -2.19. The van der Waals surface area contributed by atoms with Crippen LogP contribution in [0.25, 0.3) is 0 Å². The molecule has 1 aliphatic rings. The maximum atomic E-state index is 12.1. The molecule has 24 heteroatoms. The van der Waals surface area contributed by atoms with E-state index in [1.165, 1.54) is 78.5 Å². The molecule has 2 rings (SSSR count). The summed E-state index contributed by atoms with van der Waals surface area (Å²) in [4.78, 5) is 70.8. The third kappa shape index (κ3) is 29.6. The van der Waals surface area contributed by atoms with E-state index in [1.54, 1.807) is 0 Å². The lowest BCUT2D eigenvalue weighted by molar-refractivity contribution is -0.0450. The summed E-state index contributed by atoms with van der Waals surface area (Å²) in [5, 5.41) is 10.1. The fourth-order valence-corrected chi connectivity index (χ4v) is 8.15. The van der Waals surface area contributed by atoms with Gasteiger partial charge in [0.15, 0.2) is 0 Å². The molecule has 0 radical (unpaired) electrons. The van der Waals surface area contributed by atoms with E-state index in [0.29, 0.717) is 0 Å². The number of hydrogen-bond acceptors (Lipinski definition) is 15. The summed E-state index contributed by atoms with van der Waals surface area (Å²) in [7, 11) is -16.7. The van der Waals surface area contributed by atoms with Gasteiger partial charge in [-0.15, -0.1) is 0 Å². The average Bonchev–Trinajstić information content (AvgIpc) is 3.56. The second-order valence-corrected chi connectivity index (χ2v) is 16.9. The molecule has 0 aliphatic carbocycles. The Morgan fingerprint density at radius 2 is 1.10 bits per heavy atom. The van der Waals surface area contributed by atoms with Gasteiger partial charge in [-0.3, -0.25) is 18.9 Å². The molecule has 21 nitrogen and oxygen atoms in total. The second-order valence-electron chi connectivity index (χ2n) is 12.5. The van der Waals surface area contributed by atoms with Gasteiger partial charge in [-0.1, -0.05) is 94.9 Å². The highest BCUT2D eigenvalue weighted by Gasteiger charge is 2.43. The molecule has 356 valence electrons. The van der Waals surface area contributed by atoms with Crippen molar-refractivity contribution in [3.63, 3.8) is 0 Å². The van der Waals surface area contributed by atoms with Crippen LogP contribution in [0.5, 0.6) is 0 Å². The number of phosphoric ester groups is 1. The zero-order valence-corrected chi connectivity index (χ0v) is 40.7. The molecule has 1 aromatic rings. The van der Waals surface area contributed by atoms with E-state index in [2.05, 4.69) is 128 Å². The second kappa shape index (κ2) is 34.8. The molecule has 0 spiro atoms. The van der Waals surface area contributed by atoms with Crippen molar-refractivity contribution in [1.29, 1.82) is 0 Å². The minimum atomic E-state index is -5.70. The molecule has 1 saturated heterocycles. The van der Waals surface area contributed by atoms with Gasteiger partial charge >= 0.3 is 29.2 Å². The number of nitrogens with two attached hydrogens (primary N) is 1. The molecule has 60 heavy (non-hydrogen) atoms. The lowest BCUT2D eigenvalue weighted by atomic mass is 10.2. The van der Waals surface area contributed by atoms with Gasteiger partial charge < -0.3 is 54.8 Å². The molecule has 1 aliphatic heterocycles. The molecular weight excluding hydrogens is 847 g/mol. The van der Waals surface area contributed by atoms with Gasteiger partial charge in [-0.25, -0.2) is 18.5 Å². The number of aromatic amines is 1. The van der Waals surface area contributed by atoms with Gasteiger partial charge in [0.1, 0.15) is 17.9 Å². The number of aliphatic hydroxyl groups is 1. The van der Waals surface area contributed by atoms with Gasteiger partial charge in [0.25, 0.3) is 5.56 Å². The molecule has 0 bridgehead atoms. The van der Waals surface area contributed by atoms with Gasteiger partial charge in [0, 0.05) is 12.6 Å². The minimum absolute atomic E-state index is 0.0557. The summed E-state index contributed by atoms with van der Waals surface area (Å²) in [6.07, 6.45) is -3.07. The normalized spacial score (nSPS) is 18.1. The third-order valence-corrected chi connectivity index (χ3v) is 12.8. The van der Waals surface area contributed by atoms with Crippen LogP contribution in [0, 0.1) is 11.8 Å². The number of rotatable bonds is 20. The zero-order chi connectivity index (χ0) is 47.1. The van der Waals surface area contributed by atoms with E-state index in [-0.39, 0.29) is 18.5 Å². The summed E-state index contributed by atoms with van der Waals surface area (Å²) >= 11 is 0. The molecule has 0 amide bonds. The van der Waals surface area contributed by atoms with Crippen LogP contribution in [0.3, 0.4) is 0 Å². The topological polar surface area (TPSA) is 283 Å². The molecule has 2 heterocycles. The monoisotopic (exact) mass is 925 g/mol.